The molecule has 7 nitrogen and oxygen atoms in total. The number of hydrogen-bond donors (Lipinski definition) is 1. The van der Waals surface area contributed by atoms with Gasteiger partial charge in [0.05, 0.1) is 37.7 Å². The highest BCUT2D eigenvalue weighted by Gasteiger charge is 2.34. The molecule has 0 aliphatic carbocycles. The second-order valence-electron chi connectivity index (χ2n) is 6.92. The van der Waals surface area contributed by atoms with Crippen LogP contribution < -0.4 is 15.0 Å². The maximum absolute atomic E-state index is 12.9. The zero-order chi connectivity index (χ0) is 20.2. The summed E-state index contributed by atoms with van der Waals surface area (Å²) in [6.07, 6.45) is -0.653. The van der Waals surface area contributed by atoms with Crippen LogP contribution >= 0.6 is 15.9 Å². The van der Waals surface area contributed by atoms with Crippen LogP contribution in [-0.4, -0.2) is 62.2 Å². The van der Waals surface area contributed by atoms with Gasteiger partial charge in [-0.25, -0.2) is 0 Å². The number of amides is 2. The first-order valence-corrected chi connectivity index (χ1v) is 10.3. The van der Waals surface area contributed by atoms with Crippen molar-refractivity contribution < 1.29 is 19.1 Å². The largest absolute Gasteiger partial charge is 0.477 e. The molecule has 2 aliphatic rings. The van der Waals surface area contributed by atoms with Gasteiger partial charge in [-0.2, -0.15) is 0 Å². The molecule has 1 atom stereocenters. The summed E-state index contributed by atoms with van der Waals surface area (Å²) in [5.74, 6) is 0.379. The van der Waals surface area contributed by atoms with E-state index in [1.807, 2.05) is 53.4 Å². The lowest BCUT2D eigenvalue weighted by molar-refractivity contribution is -0.142. The molecule has 152 valence electrons. The molecular formula is C21H22BrN3O4. The van der Waals surface area contributed by atoms with Crippen LogP contribution in [0.4, 0.5) is 11.4 Å². The van der Waals surface area contributed by atoms with E-state index >= 15 is 0 Å². The molecule has 1 N–H and O–H groups in total. The van der Waals surface area contributed by atoms with Crippen LogP contribution in [0.15, 0.2) is 53.0 Å². The average Bonchev–Trinajstić information content (AvgIpc) is 2.75. The number of morpholine rings is 1. The number of carbonyl (C=O) groups is 2. The normalized spacial score (nSPS) is 18.6. The van der Waals surface area contributed by atoms with Crippen molar-refractivity contribution in [2.24, 2.45) is 0 Å². The third kappa shape index (κ3) is 4.54. The van der Waals surface area contributed by atoms with Gasteiger partial charge >= 0.3 is 0 Å². The molecule has 0 radical (unpaired) electrons. The Hall–Kier alpha value is -2.58. The lowest BCUT2D eigenvalue weighted by atomic mass is 10.1. The van der Waals surface area contributed by atoms with Crippen LogP contribution in [0.1, 0.15) is 0 Å². The summed E-state index contributed by atoms with van der Waals surface area (Å²) in [7, 11) is 0. The van der Waals surface area contributed by atoms with E-state index in [0.717, 1.165) is 10.2 Å². The fourth-order valence-electron chi connectivity index (χ4n) is 3.50. The number of rotatable bonds is 4. The van der Waals surface area contributed by atoms with Gasteiger partial charge in [0, 0.05) is 17.6 Å². The highest BCUT2D eigenvalue weighted by atomic mass is 79.9. The highest BCUT2D eigenvalue weighted by Crippen LogP contribution is 2.33. The smallest absolute Gasteiger partial charge is 0.265 e. The first kappa shape index (κ1) is 19.7. The minimum atomic E-state index is -0.653. The fraction of sp³-hybridized carbons (Fsp3) is 0.333. The molecule has 2 amide bonds. The van der Waals surface area contributed by atoms with Crippen molar-refractivity contribution in [2.45, 2.75) is 6.10 Å². The number of para-hydroxylation sites is 3. The molecule has 0 saturated carbocycles. The predicted octanol–water partition coefficient (Wildman–Crippen LogP) is 2.51. The number of hydrogen-bond acceptors (Lipinski definition) is 5. The van der Waals surface area contributed by atoms with E-state index in [4.69, 9.17) is 9.47 Å². The molecular weight excluding hydrogens is 438 g/mol. The van der Waals surface area contributed by atoms with Crippen LogP contribution in [0, 0.1) is 0 Å². The minimum absolute atomic E-state index is 0.0704. The number of halogens is 1. The second kappa shape index (κ2) is 8.84. The Labute approximate surface area is 177 Å². The van der Waals surface area contributed by atoms with Crippen molar-refractivity contribution in [3.63, 3.8) is 0 Å². The Kier molecular flexibility index (Phi) is 6.01. The molecule has 0 unspecified atom stereocenters. The highest BCUT2D eigenvalue weighted by molar-refractivity contribution is 9.10. The van der Waals surface area contributed by atoms with Crippen molar-refractivity contribution in [1.82, 2.24) is 4.90 Å². The molecule has 0 aromatic heterocycles. The molecule has 8 heteroatoms. The first-order valence-electron chi connectivity index (χ1n) is 9.53. The van der Waals surface area contributed by atoms with Gasteiger partial charge in [0.2, 0.25) is 5.91 Å². The first-order chi connectivity index (χ1) is 14.1. The van der Waals surface area contributed by atoms with E-state index < -0.39 is 6.10 Å². The SMILES string of the molecule is O=C(CN1C[C@@H](C(=O)N2CCOCC2)Oc2ccccc21)Nc1ccccc1Br. The second-order valence-corrected chi connectivity index (χ2v) is 7.77. The zero-order valence-electron chi connectivity index (χ0n) is 15.8. The summed E-state index contributed by atoms with van der Waals surface area (Å²) in [5.41, 5.74) is 1.51. The van der Waals surface area contributed by atoms with Gasteiger partial charge in [-0.1, -0.05) is 24.3 Å². The summed E-state index contributed by atoms with van der Waals surface area (Å²) in [4.78, 5) is 29.3. The standard InChI is InChI=1S/C21H22BrN3O4/c22-15-5-1-2-6-16(15)23-20(26)14-25-13-19(21(27)24-9-11-28-12-10-24)29-18-8-4-3-7-17(18)25/h1-8,19H,9-14H2,(H,23,26)/t19-/m0/s1. The van der Waals surface area contributed by atoms with E-state index in [-0.39, 0.29) is 18.4 Å². The Morgan fingerprint density at radius 3 is 2.59 bits per heavy atom. The molecule has 4 rings (SSSR count). The molecule has 2 aromatic rings. The quantitative estimate of drug-likeness (QED) is 0.760. The number of ether oxygens (including phenoxy) is 2. The van der Waals surface area contributed by atoms with Gasteiger partial charge in [0.25, 0.3) is 5.91 Å². The maximum Gasteiger partial charge on any atom is 0.265 e. The Morgan fingerprint density at radius 1 is 1.07 bits per heavy atom. The van der Waals surface area contributed by atoms with Gasteiger partial charge in [0.15, 0.2) is 6.10 Å². The molecule has 0 spiro atoms. The van der Waals surface area contributed by atoms with Gasteiger partial charge < -0.3 is 24.6 Å². The molecule has 1 fully saturated rings. The number of carbonyl (C=O) groups excluding carboxylic acids is 2. The van der Waals surface area contributed by atoms with Crippen molar-refractivity contribution in [3.8, 4) is 5.75 Å². The Balaban J connectivity index is 1.49. The van der Waals surface area contributed by atoms with E-state index in [0.29, 0.717) is 44.3 Å². The van der Waals surface area contributed by atoms with Crippen LogP contribution in [0.5, 0.6) is 5.75 Å². The molecule has 1 saturated heterocycles. The van der Waals surface area contributed by atoms with Crippen LogP contribution in [0.3, 0.4) is 0 Å². The molecule has 2 heterocycles. The lowest BCUT2D eigenvalue weighted by Crippen LogP contribution is -2.53. The number of anilines is 2. The Bertz CT molecular complexity index is 901. The van der Waals surface area contributed by atoms with Crippen LogP contribution in [-0.2, 0) is 14.3 Å². The van der Waals surface area contributed by atoms with Crippen molar-refractivity contribution in [3.05, 3.63) is 53.0 Å². The van der Waals surface area contributed by atoms with Crippen molar-refractivity contribution in [2.75, 3.05) is 49.6 Å². The molecule has 29 heavy (non-hydrogen) atoms. The monoisotopic (exact) mass is 459 g/mol. The van der Waals surface area contributed by atoms with Crippen molar-refractivity contribution in [1.29, 1.82) is 0 Å². The maximum atomic E-state index is 12.9. The topological polar surface area (TPSA) is 71.1 Å². The molecule has 2 aromatic carbocycles. The molecule has 0 bridgehead atoms. The summed E-state index contributed by atoms with van der Waals surface area (Å²) < 4.78 is 12.1. The Morgan fingerprint density at radius 2 is 1.79 bits per heavy atom. The number of fused-ring (bicyclic) bond motifs is 1. The fourth-order valence-corrected chi connectivity index (χ4v) is 3.88. The number of benzene rings is 2. The molecule has 2 aliphatic heterocycles. The van der Waals surface area contributed by atoms with E-state index in [1.54, 1.807) is 4.90 Å². The third-order valence-corrected chi connectivity index (χ3v) is 5.63. The summed E-state index contributed by atoms with van der Waals surface area (Å²) in [5, 5.41) is 2.92. The number of nitrogens with one attached hydrogen (secondary N) is 1. The van der Waals surface area contributed by atoms with Crippen molar-refractivity contribution >= 4 is 39.1 Å². The van der Waals surface area contributed by atoms with Gasteiger partial charge in [-0.05, 0) is 40.2 Å². The van der Waals surface area contributed by atoms with Gasteiger partial charge in [0.1, 0.15) is 5.75 Å². The number of nitrogens with zero attached hydrogens (tertiary/aromatic N) is 2. The van der Waals surface area contributed by atoms with Gasteiger partial charge in [-0.15, -0.1) is 0 Å². The summed E-state index contributed by atoms with van der Waals surface area (Å²) in [6.45, 7) is 2.62. The zero-order valence-corrected chi connectivity index (χ0v) is 17.4. The average molecular weight is 460 g/mol. The predicted molar refractivity (Wildman–Crippen MR) is 113 cm³/mol. The van der Waals surface area contributed by atoms with Crippen LogP contribution in [0.25, 0.3) is 0 Å². The lowest BCUT2D eigenvalue weighted by Gasteiger charge is -2.38. The van der Waals surface area contributed by atoms with Gasteiger partial charge in [-0.3, -0.25) is 9.59 Å². The van der Waals surface area contributed by atoms with E-state index in [2.05, 4.69) is 21.2 Å². The third-order valence-electron chi connectivity index (χ3n) is 4.94. The minimum Gasteiger partial charge on any atom is -0.477 e. The summed E-state index contributed by atoms with van der Waals surface area (Å²) >= 11 is 3.44. The van der Waals surface area contributed by atoms with E-state index in [9.17, 15) is 9.59 Å². The summed E-state index contributed by atoms with van der Waals surface area (Å²) in [6, 6.07) is 14.9. The van der Waals surface area contributed by atoms with Crippen LogP contribution in [0.2, 0.25) is 0 Å². The van der Waals surface area contributed by atoms with E-state index in [1.165, 1.54) is 0 Å².